The second-order valence-electron chi connectivity index (χ2n) is 5.14. The highest BCUT2D eigenvalue weighted by Gasteiger charge is 2.26. The molecule has 2 atom stereocenters. The highest BCUT2D eigenvalue weighted by molar-refractivity contribution is 5.62. The van der Waals surface area contributed by atoms with Crippen LogP contribution in [0, 0.1) is 5.92 Å². The maximum absolute atomic E-state index is 5.91. The molecule has 1 aliphatic heterocycles. The molecule has 19 heavy (non-hydrogen) atoms. The molecule has 2 unspecified atom stereocenters. The highest BCUT2D eigenvalue weighted by atomic mass is 16.5. The molecule has 0 radical (unpaired) electrons. The van der Waals surface area contributed by atoms with Crippen molar-refractivity contribution in [1.82, 2.24) is 0 Å². The van der Waals surface area contributed by atoms with Gasteiger partial charge in [0, 0.05) is 32.0 Å². The zero-order valence-corrected chi connectivity index (χ0v) is 12.1. The van der Waals surface area contributed by atoms with Crippen molar-refractivity contribution in [1.29, 1.82) is 0 Å². The number of hydrogen-bond donors (Lipinski definition) is 1. The number of anilines is 2. The first-order valence-electron chi connectivity index (χ1n) is 6.95. The van der Waals surface area contributed by atoms with Gasteiger partial charge in [-0.3, -0.25) is 0 Å². The van der Waals surface area contributed by atoms with Crippen molar-refractivity contribution in [3.63, 3.8) is 0 Å². The van der Waals surface area contributed by atoms with Gasteiger partial charge in [-0.2, -0.15) is 0 Å². The van der Waals surface area contributed by atoms with E-state index in [0.29, 0.717) is 24.3 Å². The Labute approximate surface area is 115 Å². The third-order valence-corrected chi connectivity index (χ3v) is 3.85. The molecule has 0 aromatic heterocycles. The van der Waals surface area contributed by atoms with Crippen LogP contribution in [-0.2, 0) is 4.74 Å². The van der Waals surface area contributed by atoms with Crippen LogP contribution in [0.4, 0.5) is 11.4 Å². The zero-order valence-electron chi connectivity index (χ0n) is 12.1. The molecule has 0 bridgehead atoms. The van der Waals surface area contributed by atoms with E-state index in [4.69, 9.17) is 15.2 Å². The summed E-state index contributed by atoms with van der Waals surface area (Å²) in [6.07, 6.45) is 1.44. The maximum atomic E-state index is 5.91. The monoisotopic (exact) mass is 264 g/mol. The van der Waals surface area contributed by atoms with Crippen molar-refractivity contribution in [2.75, 3.05) is 37.4 Å². The normalized spacial score (nSPS) is 23.4. The van der Waals surface area contributed by atoms with Gasteiger partial charge in [-0.1, -0.05) is 6.92 Å². The summed E-state index contributed by atoms with van der Waals surface area (Å²) in [6, 6.07) is 6.00. The molecule has 2 N–H and O–H groups in total. The molecule has 0 spiro atoms. The zero-order chi connectivity index (χ0) is 13.8. The Balaban J connectivity index is 2.15. The average molecular weight is 264 g/mol. The van der Waals surface area contributed by atoms with Crippen molar-refractivity contribution in [2.45, 2.75) is 26.4 Å². The largest absolute Gasteiger partial charge is 0.492 e. The second kappa shape index (κ2) is 6.15. The minimum absolute atomic E-state index is 0.293. The molecule has 106 valence electrons. The van der Waals surface area contributed by atoms with Crippen molar-refractivity contribution in [2.24, 2.45) is 5.92 Å². The van der Waals surface area contributed by atoms with Crippen molar-refractivity contribution in [3.8, 4) is 5.75 Å². The third-order valence-electron chi connectivity index (χ3n) is 3.85. The lowest BCUT2D eigenvalue weighted by Gasteiger charge is -2.37. The van der Waals surface area contributed by atoms with Crippen LogP contribution in [0.5, 0.6) is 5.75 Å². The smallest absolute Gasteiger partial charge is 0.144 e. The topological polar surface area (TPSA) is 47.7 Å². The van der Waals surface area contributed by atoms with Crippen LogP contribution in [0.3, 0.4) is 0 Å². The lowest BCUT2D eigenvalue weighted by molar-refractivity contribution is 0.0498. The van der Waals surface area contributed by atoms with E-state index in [1.165, 1.54) is 0 Å². The Morgan fingerprint density at radius 2 is 2.21 bits per heavy atom. The first kappa shape index (κ1) is 14.0. The van der Waals surface area contributed by atoms with E-state index in [-0.39, 0.29) is 0 Å². The lowest BCUT2D eigenvalue weighted by atomic mass is 9.95. The van der Waals surface area contributed by atoms with Gasteiger partial charge < -0.3 is 20.1 Å². The fourth-order valence-corrected chi connectivity index (χ4v) is 2.58. The molecular formula is C15H24N2O2. The molecule has 1 fully saturated rings. The first-order chi connectivity index (χ1) is 9.15. The number of methoxy groups -OCH3 is 1. The molecule has 1 aliphatic rings. The van der Waals surface area contributed by atoms with E-state index < -0.39 is 0 Å². The highest BCUT2D eigenvalue weighted by Crippen LogP contribution is 2.30. The summed E-state index contributed by atoms with van der Waals surface area (Å²) < 4.78 is 11.1. The third kappa shape index (κ3) is 3.13. The van der Waals surface area contributed by atoms with Crippen molar-refractivity contribution in [3.05, 3.63) is 18.2 Å². The quantitative estimate of drug-likeness (QED) is 0.849. The lowest BCUT2D eigenvalue weighted by Crippen LogP contribution is -2.43. The molecule has 4 heteroatoms. The Morgan fingerprint density at radius 3 is 2.89 bits per heavy atom. The molecular weight excluding hydrogens is 240 g/mol. The molecule has 1 saturated heterocycles. The van der Waals surface area contributed by atoms with Crippen LogP contribution in [0.15, 0.2) is 18.2 Å². The second-order valence-corrected chi connectivity index (χ2v) is 5.14. The van der Waals surface area contributed by atoms with Gasteiger partial charge in [0.2, 0.25) is 0 Å². The van der Waals surface area contributed by atoms with Crippen molar-refractivity contribution < 1.29 is 9.47 Å². The predicted octanol–water partition coefficient (Wildman–Crippen LogP) is 2.53. The summed E-state index contributed by atoms with van der Waals surface area (Å²) >= 11 is 0. The molecule has 1 aromatic carbocycles. The number of rotatable bonds is 4. The summed E-state index contributed by atoms with van der Waals surface area (Å²) in [7, 11) is 1.79. The maximum Gasteiger partial charge on any atom is 0.144 e. The fourth-order valence-electron chi connectivity index (χ4n) is 2.58. The molecule has 4 nitrogen and oxygen atoms in total. The Bertz CT molecular complexity index is 423. The molecule has 0 aliphatic carbocycles. The van der Waals surface area contributed by atoms with Gasteiger partial charge in [0.05, 0.1) is 18.4 Å². The number of nitrogens with zero attached hydrogens (tertiary/aromatic N) is 1. The van der Waals surface area contributed by atoms with E-state index in [0.717, 1.165) is 30.9 Å². The number of piperidine rings is 1. The van der Waals surface area contributed by atoms with Crippen molar-refractivity contribution >= 4 is 11.4 Å². The van der Waals surface area contributed by atoms with Gasteiger partial charge >= 0.3 is 0 Å². The molecule has 2 rings (SSSR count). The number of benzene rings is 1. The Hall–Kier alpha value is -1.42. The molecule has 0 saturated carbocycles. The molecule has 1 aromatic rings. The number of nitrogen functional groups attached to an aromatic ring is 1. The number of hydrogen-bond acceptors (Lipinski definition) is 4. The predicted molar refractivity (Wildman–Crippen MR) is 78.8 cm³/mol. The SMILES string of the molecule is CCOc1cc(N2CCC(C)C(OC)C2)ccc1N. The van der Waals surface area contributed by atoms with E-state index in [1.54, 1.807) is 7.11 Å². The van der Waals surface area contributed by atoms with Gasteiger partial charge in [-0.05, 0) is 31.4 Å². The van der Waals surface area contributed by atoms with Gasteiger partial charge in [-0.15, -0.1) is 0 Å². The van der Waals surface area contributed by atoms with Gasteiger partial charge in [0.25, 0.3) is 0 Å². The number of nitrogens with two attached hydrogens (primary N) is 1. The van der Waals surface area contributed by atoms with Gasteiger partial charge in [0.1, 0.15) is 5.75 Å². The van der Waals surface area contributed by atoms with Crippen LogP contribution in [-0.4, -0.2) is 32.9 Å². The Kier molecular flexibility index (Phi) is 4.53. The van der Waals surface area contributed by atoms with Crippen LogP contribution in [0.2, 0.25) is 0 Å². The van der Waals surface area contributed by atoms with Crippen LogP contribution in [0.1, 0.15) is 20.3 Å². The molecule has 0 amide bonds. The summed E-state index contributed by atoms with van der Waals surface area (Å²) in [5.41, 5.74) is 7.77. The fraction of sp³-hybridized carbons (Fsp3) is 0.600. The summed E-state index contributed by atoms with van der Waals surface area (Å²) in [5.74, 6) is 1.38. The Morgan fingerprint density at radius 1 is 1.42 bits per heavy atom. The van der Waals surface area contributed by atoms with Crippen LogP contribution < -0.4 is 15.4 Å². The average Bonchev–Trinajstić information content (AvgIpc) is 2.42. The minimum atomic E-state index is 0.293. The summed E-state index contributed by atoms with van der Waals surface area (Å²) in [4.78, 5) is 2.34. The van der Waals surface area contributed by atoms with E-state index in [2.05, 4.69) is 17.9 Å². The van der Waals surface area contributed by atoms with Gasteiger partial charge in [-0.25, -0.2) is 0 Å². The molecule has 1 heterocycles. The minimum Gasteiger partial charge on any atom is -0.492 e. The van der Waals surface area contributed by atoms with E-state index >= 15 is 0 Å². The van der Waals surface area contributed by atoms with Gasteiger partial charge in [0.15, 0.2) is 0 Å². The van der Waals surface area contributed by atoms with Crippen LogP contribution >= 0.6 is 0 Å². The van der Waals surface area contributed by atoms with E-state index in [9.17, 15) is 0 Å². The summed E-state index contributed by atoms with van der Waals surface area (Å²) in [5, 5.41) is 0. The number of ether oxygens (including phenoxy) is 2. The summed E-state index contributed by atoms with van der Waals surface area (Å²) in [6.45, 7) is 6.82. The standard InChI is InChI=1S/C15H24N2O2/c1-4-19-14-9-12(5-6-13(14)16)17-8-7-11(2)15(10-17)18-3/h5-6,9,11,15H,4,7-8,10,16H2,1-3H3. The first-order valence-corrected chi connectivity index (χ1v) is 6.95. The van der Waals surface area contributed by atoms with E-state index in [1.807, 2.05) is 19.1 Å². The van der Waals surface area contributed by atoms with Crippen LogP contribution in [0.25, 0.3) is 0 Å².